The van der Waals surface area contributed by atoms with Gasteiger partial charge in [-0.1, -0.05) is 19.1 Å². The van der Waals surface area contributed by atoms with Gasteiger partial charge in [-0.15, -0.1) is 0 Å². The summed E-state index contributed by atoms with van der Waals surface area (Å²) in [4.78, 5) is 22.5. The van der Waals surface area contributed by atoms with Crippen molar-refractivity contribution in [3.8, 4) is 0 Å². The number of hydrogen-bond acceptors (Lipinski definition) is 4. The third kappa shape index (κ3) is 5.85. The van der Waals surface area contributed by atoms with Gasteiger partial charge in [0.2, 0.25) is 11.8 Å². The Balaban J connectivity index is 2.39. The van der Waals surface area contributed by atoms with E-state index in [0.29, 0.717) is 13.0 Å². The molecular formula is C13H21N2O4. The van der Waals surface area contributed by atoms with Crippen LogP contribution in [0.15, 0.2) is 12.2 Å². The number of rotatable bonds is 5. The van der Waals surface area contributed by atoms with E-state index in [2.05, 4.69) is 5.32 Å². The molecule has 3 atom stereocenters. The number of ether oxygens (including phenoxy) is 1. The summed E-state index contributed by atoms with van der Waals surface area (Å²) in [5.74, 6) is -1.13. The van der Waals surface area contributed by atoms with Crippen LogP contribution in [0.5, 0.6) is 0 Å². The van der Waals surface area contributed by atoms with E-state index in [9.17, 15) is 14.7 Å². The fraction of sp³-hybridized carbons (Fsp3) is 0.615. The number of nitrogens with one attached hydrogen (secondary N) is 1. The van der Waals surface area contributed by atoms with Crippen LogP contribution in [-0.2, 0) is 14.3 Å². The van der Waals surface area contributed by atoms with Crippen molar-refractivity contribution in [2.75, 3.05) is 13.2 Å². The Hall–Kier alpha value is -1.40. The molecule has 1 radical (unpaired) electrons. The molecule has 1 rings (SSSR count). The van der Waals surface area contributed by atoms with Gasteiger partial charge in [-0.05, 0) is 12.8 Å². The highest BCUT2D eigenvalue weighted by molar-refractivity contribution is 5.86. The van der Waals surface area contributed by atoms with Gasteiger partial charge in [-0.3, -0.25) is 9.59 Å². The topological polar surface area (TPSA) is 102 Å². The Morgan fingerprint density at radius 2 is 2.32 bits per heavy atom. The van der Waals surface area contributed by atoms with Crippen LogP contribution in [0.1, 0.15) is 19.8 Å². The van der Waals surface area contributed by atoms with E-state index in [1.165, 1.54) is 6.42 Å². The van der Waals surface area contributed by atoms with Crippen molar-refractivity contribution in [1.29, 1.82) is 0 Å². The van der Waals surface area contributed by atoms with Gasteiger partial charge in [0.15, 0.2) is 0 Å². The Bertz CT molecular complexity index is 344. The SMILES string of the molecule is CC(C[CH]C(=O)N[C@H]1C/C=C\COC[C@H]1O)C(N)=O. The number of primary amides is 1. The van der Waals surface area contributed by atoms with Crippen LogP contribution >= 0.6 is 0 Å². The largest absolute Gasteiger partial charge is 0.389 e. The van der Waals surface area contributed by atoms with Crippen molar-refractivity contribution in [3.63, 3.8) is 0 Å². The molecule has 0 saturated heterocycles. The number of carbonyl (C=O) groups is 2. The molecule has 0 aromatic heterocycles. The van der Waals surface area contributed by atoms with Crippen molar-refractivity contribution >= 4 is 11.8 Å². The van der Waals surface area contributed by atoms with E-state index >= 15 is 0 Å². The standard InChI is InChI=1S/C13H21N2O4/c1-9(13(14)18)5-6-12(17)15-10-4-2-3-7-19-8-11(10)16/h2-3,6,9-11,16H,4-5,7-8H2,1H3,(H2,14,18)(H,15,17)/b3-2-/t9?,10-,11+/m0/s1. The van der Waals surface area contributed by atoms with Gasteiger partial charge in [0.05, 0.1) is 31.8 Å². The van der Waals surface area contributed by atoms with Crippen molar-refractivity contribution in [2.45, 2.75) is 31.9 Å². The smallest absolute Gasteiger partial charge is 0.224 e. The second-order valence-electron chi connectivity index (χ2n) is 4.67. The molecule has 6 heteroatoms. The molecule has 1 aliphatic heterocycles. The molecule has 0 fully saturated rings. The first-order chi connectivity index (χ1) is 9.00. The van der Waals surface area contributed by atoms with E-state index in [0.717, 1.165) is 0 Å². The second-order valence-corrected chi connectivity index (χ2v) is 4.67. The Labute approximate surface area is 113 Å². The van der Waals surface area contributed by atoms with E-state index < -0.39 is 12.0 Å². The van der Waals surface area contributed by atoms with E-state index in [1.807, 2.05) is 12.2 Å². The van der Waals surface area contributed by atoms with Crippen LogP contribution in [0, 0.1) is 12.3 Å². The second kappa shape index (κ2) is 7.91. The molecule has 6 nitrogen and oxygen atoms in total. The van der Waals surface area contributed by atoms with E-state index in [-0.39, 0.29) is 30.9 Å². The van der Waals surface area contributed by atoms with Crippen LogP contribution < -0.4 is 11.1 Å². The molecule has 1 heterocycles. The monoisotopic (exact) mass is 269 g/mol. The highest BCUT2D eigenvalue weighted by Crippen LogP contribution is 2.07. The predicted molar refractivity (Wildman–Crippen MR) is 69.8 cm³/mol. The number of carbonyl (C=O) groups excluding carboxylic acids is 2. The van der Waals surface area contributed by atoms with Crippen LogP contribution in [0.25, 0.3) is 0 Å². The van der Waals surface area contributed by atoms with Crippen molar-refractivity contribution in [3.05, 3.63) is 18.6 Å². The van der Waals surface area contributed by atoms with Crippen LogP contribution in [-0.4, -0.2) is 42.3 Å². The quantitative estimate of drug-likeness (QED) is 0.587. The van der Waals surface area contributed by atoms with E-state index in [1.54, 1.807) is 6.92 Å². The maximum Gasteiger partial charge on any atom is 0.224 e. The zero-order valence-corrected chi connectivity index (χ0v) is 11.0. The van der Waals surface area contributed by atoms with E-state index in [4.69, 9.17) is 10.5 Å². The number of hydrogen-bond donors (Lipinski definition) is 3. The Morgan fingerprint density at radius 1 is 1.58 bits per heavy atom. The summed E-state index contributed by atoms with van der Waals surface area (Å²) >= 11 is 0. The van der Waals surface area contributed by atoms with Crippen LogP contribution in [0.3, 0.4) is 0 Å². The molecule has 0 aromatic carbocycles. The molecule has 4 N–H and O–H groups in total. The maximum atomic E-state index is 11.7. The average Bonchev–Trinajstić information content (AvgIpc) is 2.35. The summed E-state index contributed by atoms with van der Waals surface area (Å²) in [6, 6.07) is -0.385. The summed E-state index contributed by atoms with van der Waals surface area (Å²) in [6.07, 6.45) is 5.19. The normalized spacial score (nSPS) is 26.8. The van der Waals surface area contributed by atoms with Gasteiger partial charge in [0.1, 0.15) is 0 Å². The molecule has 19 heavy (non-hydrogen) atoms. The van der Waals surface area contributed by atoms with Crippen LogP contribution in [0.4, 0.5) is 0 Å². The van der Waals surface area contributed by atoms with Gasteiger partial charge < -0.3 is 20.9 Å². The lowest BCUT2D eigenvalue weighted by atomic mass is 10.0. The highest BCUT2D eigenvalue weighted by atomic mass is 16.5. The molecule has 107 valence electrons. The zero-order chi connectivity index (χ0) is 14.3. The molecular weight excluding hydrogens is 248 g/mol. The lowest BCUT2D eigenvalue weighted by Gasteiger charge is -2.24. The minimum absolute atomic E-state index is 0.187. The molecule has 0 bridgehead atoms. The summed E-state index contributed by atoms with van der Waals surface area (Å²) < 4.78 is 5.17. The van der Waals surface area contributed by atoms with Gasteiger partial charge >= 0.3 is 0 Å². The summed E-state index contributed by atoms with van der Waals surface area (Å²) in [5.41, 5.74) is 5.11. The summed E-state index contributed by atoms with van der Waals surface area (Å²) in [5, 5.41) is 12.5. The molecule has 0 saturated carbocycles. The van der Waals surface area contributed by atoms with Crippen LogP contribution in [0.2, 0.25) is 0 Å². The van der Waals surface area contributed by atoms with Crippen molar-refractivity contribution in [1.82, 2.24) is 5.32 Å². The minimum Gasteiger partial charge on any atom is -0.389 e. The highest BCUT2D eigenvalue weighted by Gasteiger charge is 2.22. The van der Waals surface area contributed by atoms with Gasteiger partial charge in [0, 0.05) is 5.92 Å². The molecule has 0 spiro atoms. The summed E-state index contributed by atoms with van der Waals surface area (Å²) in [7, 11) is 0. The van der Waals surface area contributed by atoms with Crippen molar-refractivity contribution < 1.29 is 19.4 Å². The molecule has 1 aliphatic rings. The third-order valence-electron chi connectivity index (χ3n) is 2.99. The minimum atomic E-state index is -0.740. The molecule has 2 amide bonds. The van der Waals surface area contributed by atoms with Gasteiger partial charge in [-0.25, -0.2) is 0 Å². The number of nitrogens with two attached hydrogens (primary N) is 1. The molecule has 1 unspecified atom stereocenters. The van der Waals surface area contributed by atoms with Gasteiger partial charge in [0.25, 0.3) is 0 Å². The lowest BCUT2D eigenvalue weighted by Crippen LogP contribution is -2.45. The number of amides is 2. The van der Waals surface area contributed by atoms with Gasteiger partial charge in [-0.2, -0.15) is 0 Å². The maximum absolute atomic E-state index is 11.7. The first-order valence-corrected chi connectivity index (χ1v) is 6.34. The Kier molecular flexibility index (Phi) is 6.52. The first kappa shape index (κ1) is 15.7. The first-order valence-electron chi connectivity index (χ1n) is 6.34. The average molecular weight is 269 g/mol. The zero-order valence-electron chi connectivity index (χ0n) is 11.0. The summed E-state index contributed by atoms with van der Waals surface area (Å²) in [6.45, 7) is 2.32. The predicted octanol–water partition coefficient (Wildman–Crippen LogP) is -0.476. The number of aliphatic hydroxyl groups excluding tert-OH is 1. The molecule has 0 aromatic rings. The van der Waals surface area contributed by atoms with Crippen molar-refractivity contribution in [2.24, 2.45) is 11.7 Å². The lowest BCUT2D eigenvalue weighted by molar-refractivity contribution is -0.121. The molecule has 0 aliphatic carbocycles. The third-order valence-corrected chi connectivity index (χ3v) is 2.99. The fourth-order valence-corrected chi connectivity index (χ4v) is 1.64. The fourth-order valence-electron chi connectivity index (χ4n) is 1.64. The number of aliphatic hydroxyl groups is 1. The Morgan fingerprint density at radius 3 is 3.00 bits per heavy atom.